The maximum atomic E-state index is 9.60. The Hall–Kier alpha value is -1.75. The zero-order valence-corrected chi connectivity index (χ0v) is 14.3. The van der Waals surface area contributed by atoms with E-state index in [0.717, 1.165) is 51.3 Å². The molecule has 1 aliphatic rings. The van der Waals surface area contributed by atoms with Crippen molar-refractivity contribution in [1.82, 2.24) is 10.6 Å². The number of nitrogens with one attached hydrogen (secondary N) is 2. The monoisotopic (exact) mass is 318 g/mol. The highest BCUT2D eigenvalue weighted by Gasteiger charge is 2.19. The first kappa shape index (κ1) is 17.6. The third-order valence-corrected chi connectivity index (χ3v) is 4.28. The van der Waals surface area contributed by atoms with Gasteiger partial charge in [-0.2, -0.15) is 0 Å². The topological polar surface area (TPSA) is 59.9 Å². The van der Waals surface area contributed by atoms with Gasteiger partial charge < -0.3 is 20.6 Å². The van der Waals surface area contributed by atoms with Crippen molar-refractivity contribution in [2.45, 2.75) is 44.8 Å². The average Bonchev–Trinajstić information content (AvgIpc) is 2.58. The highest BCUT2D eigenvalue weighted by molar-refractivity contribution is 5.80. The molecule has 5 heteroatoms. The van der Waals surface area contributed by atoms with E-state index in [1.54, 1.807) is 0 Å². The van der Waals surface area contributed by atoms with E-state index in [2.05, 4.69) is 58.8 Å². The predicted octanol–water partition coefficient (Wildman–Crippen LogP) is 1.98. The number of anilines is 1. The van der Waals surface area contributed by atoms with Gasteiger partial charge in [0.25, 0.3) is 0 Å². The van der Waals surface area contributed by atoms with Crippen LogP contribution in [0.3, 0.4) is 0 Å². The van der Waals surface area contributed by atoms with E-state index in [9.17, 15) is 5.11 Å². The zero-order chi connectivity index (χ0) is 16.5. The first-order valence-electron chi connectivity index (χ1n) is 8.68. The van der Waals surface area contributed by atoms with Crippen molar-refractivity contribution in [1.29, 1.82) is 0 Å². The maximum absolute atomic E-state index is 9.60. The van der Waals surface area contributed by atoms with Crippen molar-refractivity contribution in [3.8, 4) is 0 Å². The molecule has 1 aromatic rings. The van der Waals surface area contributed by atoms with Crippen LogP contribution in [0.2, 0.25) is 0 Å². The van der Waals surface area contributed by atoms with Crippen LogP contribution >= 0.6 is 0 Å². The summed E-state index contributed by atoms with van der Waals surface area (Å²) in [7, 11) is 2.09. The number of para-hydroxylation sites is 1. The van der Waals surface area contributed by atoms with Crippen LogP contribution in [0, 0.1) is 0 Å². The summed E-state index contributed by atoms with van der Waals surface area (Å²) in [6.07, 6.45) is 3.67. The van der Waals surface area contributed by atoms with Crippen LogP contribution < -0.4 is 15.5 Å². The number of hydrogen-bond acceptors (Lipinski definition) is 3. The van der Waals surface area contributed by atoms with Crippen LogP contribution in [-0.4, -0.2) is 49.9 Å². The van der Waals surface area contributed by atoms with Crippen LogP contribution in [0.5, 0.6) is 0 Å². The van der Waals surface area contributed by atoms with Gasteiger partial charge >= 0.3 is 0 Å². The second-order valence-electron chi connectivity index (χ2n) is 6.17. The van der Waals surface area contributed by atoms with Gasteiger partial charge in [-0.3, -0.25) is 4.99 Å². The summed E-state index contributed by atoms with van der Waals surface area (Å²) >= 11 is 0. The van der Waals surface area contributed by atoms with E-state index in [-0.39, 0.29) is 6.10 Å². The number of rotatable bonds is 6. The van der Waals surface area contributed by atoms with Crippen molar-refractivity contribution in [2.24, 2.45) is 4.99 Å². The molecule has 0 bridgehead atoms. The summed E-state index contributed by atoms with van der Waals surface area (Å²) in [6.45, 7) is 4.56. The van der Waals surface area contributed by atoms with Gasteiger partial charge in [0, 0.05) is 31.9 Å². The van der Waals surface area contributed by atoms with Crippen LogP contribution in [0.4, 0.5) is 5.69 Å². The third kappa shape index (κ3) is 6.10. The second kappa shape index (κ2) is 9.40. The van der Waals surface area contributed by atoms with Crippen LogP contribution in [0.25, 0.3) is 0 Å². The van der Waals surface area contributed by atoms with Crippen LogP contribution in [-0.2, 0) is 0 Å². The van der Waals surface area contributed by atoms with Gasteiger partial charge in [0.2, 0.25) is 0 Å². The Morgan fingerprint density at radius 2 is 1.91 bits per heavy atom. The number of nitrogens with zero attached hydrogens (tertiary/aromatic N) is 2. The quantitative estimate of drug-likeness (QED) is 0.554. The molecule has 23 heavy (non-hydrogen) atoms. The summed E-state index contributed by atoms with van der Waals surface area (Å²) in [5.74, 6) is 0.885. The molecule has 2 rings (SSSR count). The van der Waals surface area contributed by atoms with Gasteiger partial charge in [0.05, 0.1) is 12.6 Å². The molecule has 0 amide bonds. The molecule has 0 heterocycles. The van der Waals surface area contributed by atoms with E-state index in [1.807, 2.05) is 6.07 Å². The normalized spacial score (nSPS) is 21.8. The Morgan fingerprint density at radius 3 is 2.57 bits per heavy atom. The van der Waals surface area contributed by atoms with Crippen molar-refractivity contribution in [2.75, 3.05) is 31.6 Å². The van der Waals surface area contributed by atoms with Gasteiger partial charge in [-0.05, 0) is 44.7 Å². The molecule has 3 N–H and O–H groups in total. The first-order chi connectivity index (χ1) is 11.2. The van der Waals surface area contributed by atoms with Crippen molar-refractivity contribution >= 4 is 11.6 Å². The molecule has 0 atom stereocenters. The molecule has 0 aromatic heterocycles. The first-order valence-corrected chi connectivity index (χ1v) is 8.68. The minimum Gasteiger partial charge on any atom is -0.393 e. The van der Waals surface area contributed by atoms with Gasteiger partial charge in [-0.25, -0.2) is 0 Å². The minimum absolute atomic E-state index is 0.118. The Kier molecular flexibility index (Phi) is 7.20. The lowest BCUT2D eigenvalue weighted by atomic mass is 9.93. The molecule has 0 saturated heterocycles. The van der Waals surface area contributed by atoms with E-state index in [0.29, 0.717) is 6.04 Å². The molecular formula is C18H30N4O. The highest BCUT2D eigenvalue weighted by Crippen LogP contribution is 2.18. The number of hydrogen-bond donors (Lipinski definition) is 3. The molecule has 1 saturated carbocycles. The largest absolute Gasteiger partial charge is 0.393 e. The number of aliphatic imine (C=N–C) groups is 1. The number of benzene rings is 1. The summed E-state index contributed by atoms with van der Waals surface area (Å²) in [5.41, 5.74) is 1.21. The van der Waals surface area contributed by atoms with Crippen molar-refractivity contribution < 1.29 is 5.11 Å². The number of aliphatic hydroxyl groups excluding tert-OH is 1. The Bertz CT molecular complexity index is 469. The predicted molar refractivity (Wildman–Crippen MR) is 97.1 cm³/mol. The highest BCUT2D eigenvalue weighted by atomic mass is 16.3. The zero-order valence-electron chi connectivity index (χ0n) is 14.3. The van der Waals surface area contributed by atoms with Crippen molar-refractivity contribution in [3.05, 3.63) is 30.3 Å². The van der Waals surface area contributed by atoms with E-state index >= 15 is 0 Å². The second-order valence-corrected chi connectivity index (χ2v) is 6.17. The standard InChI is InChI=1S/C18H30N4O/c1-3-19-18(21-15-9-11-17(23)12-10-15)20-13-14-22(2)16-7-5-4-6-8-16/h4-8,15,17,23H,3,9-14H2,1-2H3,(H2,19,20,21). The van der Waals surface area contributed by atoms with Gasteiger partial charge in [-0.15, -0.1) is 0 Å². The third-order valence-electron chi connectivity index (χ3n) is 4.28. The molecule has 5 nitrogen and oxygen atoms in total. The van der Waals surface area contributed by atoms with Gasteiger partial charge in [0.1, 0.15) is 0 Å². The molecule has 0 aliphatic heterocycles. The number of likely N-dealkylation sites (N-methyl/N-ethyl adjacent to an activating group) is 1. The lowest BCUT2D eigenvalue weighted by Crippen LogP contribution is -2.45. The fourth-order valence-corrected chi connectivity index (χ4v) is 2.86. The molecule has 1 aromatic carbocycles. The smallest absolute Gasteiger partial charge is 0.191 e. The van der Waals surface area contributed by atoms with E-state index in [4.69, 9.17) is 0 Å². The number of aliphatic hydroxyl groups is 1. The molecule has 1 aliphatic carbocycles. The van der Waals surface area contributed by atoms with E-state index < -0.39 is 0 Å². The summed E-state index contributed by atoms with van der Waals surface area (Å²) in [5, 5.41) is 16.4. The Labute approximate surface area is 139 Å². The van der Waals surface area contributed by atoms with Crippen LogP contribution in [0.1, 0.15) is 32.6 Å². The molecule has 0 unspecified atom stereocenters. The summed E-state index contributed by atoms with van der Waals surface area (Å²) in [6, 6.07) is 10.8. The molecular weight excluding hydrogens is 288 g/mol. The van der Waals surface area contributed by atoms with Gasteiger partial charge in [-0.1, -0.05) is 18.2 Å². The Morgan fingerprint density at radius 1 is 1.22 bits per heavy atom. The Balaban J connectivity index is 1.81. The fraction of sp³-hybridized carbons (Fsp3) is 0.611. The lowest BCUT2D eigenvalue weighted by Gasteiger charge is -2.27. The SMILES string of the molecule is CCNC(=NCCN(C)c1ccccc1)NC1CCC(O)CC1. The average molecular weight is 318 g/mol. The molecule has 1 fully saturated rings. The number of guanidine groups is 1. The minimum atomic E-state index is -0.118. The molecule has 0 spiro atoms. The van der Waals surface area contributed by atoms with Crippen LogP contribution in [0.15, 0.2) is 35.3 Å². The molecule has 128 valence electrons. The molecule has 0 radical (unpaired) electrons. The summed E-state index contributed by atoms with van der Waals surface area (Å²) < 4.78 is 0. The fourth-order valence-electron chi connectivity index (χ4n) is 2.86. The van der Waals surface area contributed by atoms with Crippen molar-refractivity contribution in [3.63, 3.8) is 0 Å². The summed E-state index contributed by atoms with van der Waals surface area (Å²) in [4.78, 5) is 6.89. The van der Waals surface area contributed by atoms with E-state index in [1.165, 1.54) is 5.69 Å². The van der Waals surface area contributed by atoms with Gasteiger partial charge in [0.15, 0.2) is 5.96 Å². The maximum Gasteiger partial charge on any atom is 0.191 e. The lowest BCUT2D eigenvalue weighted by molar-refractivity contribution is 0.120.